The molecule has 0 aliphatic carbocycles. The maximum Gasteiger partial charge on any atom is 0.240 e. The SMILES string of the molecule is COc1ccc(C(CNC(=O)Cn2c(-c3cccs3)n[nH]c2=S)c2c[nH]c3ccccc23)cc1. The number of fused-ring (bicyclic) bond motifs is 1. The molecule has 0 bridgehead atoms. The van der Waals surface area contributed by atoms with E-state index >= 15 is 0 Å². The summed E-state index contributed by atoms with van der Waals surface area (Å²) in [6.07, 6.45) is 2.02. The van der Waals surface area contributed by atoms with Crippen LogP contribution in [-0.4, -0.2) is 39.3 Å². The number of methoxy groups -OCH3 is 1. The summed E-state index contributed by atoms with van der Waals surface area (Å²) in [6.45, 7) is 0.526. The Morgan fingerprint density at radius 2 is 2.00 bits per heavy atom. The largest absolute Gasteiger partial charge is 0.497 e. The average Bonchev–Trinajstić information content (AvgIpc) is 3.61. The quantitative estimate of drug-likeness (QED) is 0.264. The highest BCUT2D eigenvalue weighted by atomic mass is 32.1. The molecule has 0 aliphatic rings. The third-order valence-electron chi connectivity index (χ3n) is 5.82. The van der Waals surface area contributed by atoms with Crippen molar-refractivity contribution in [3.8, 4) is 16.5 Å². The van der Waals surface area contributed by atoms with Gasteiger partial charge in [0.05, 0.1) is 12.0 Å². The van der Waals surface area contributed by atoms with E-state index in [1.165, 1.54) is 0 Å². The maximum absolute atomic E-state index is 13.0. The van der Waals surface area contributed by atoms with Crippen molar-refractivity contribution in [1.82, 2.24) is 25.1 Å². The number of rotatable bonds is 8. The fourth-order valence-corrected chi connectivity index (χ4v) is 5.02. The number of thiophene rings is 1. The van der Waals surface area contributed by atoms with Gasteiger partial charge in [-0.1, -0.05) is 36.4 Å². The summed E-state index contributed by atoms with van der Waals surface area (Å²) in [5.74, 6) is 1.29. The highest BCUT2D eigenvalue weighted by Crippen LogP contribution is 2.31. The minimum atomic E-state index is -0.131. The molecule has 2 aromatic carbocycles. The van der Waals surface area contributed by atoms with Gasteiger partial charge in [-0.2, -0.15) is 5.10 Å². The molecule has 9 heteroatoms. The topological polar surface area (TPSA) is 87.7 Å². The van der Waals surface area contributed by atoms with Crippen molar-refractivity contribution in [2.24, 2.45) is 0 Å². The predicted molar refractivity (Wildman–Crippen MR) is 137 cm³/mol. The lowest BCUT2D eigenvalue weighted by molar-refractivity contribution is -0.121. The molecule has 0 spiro atoms. The molecule has 0 aliphatic heterocycles. The van der Waals surface area contributed by atoms with E-state index in [2.05, 4.69) is 32.6 Å². The molecule has 7 nitrogen and oxygen atoms in total. The first-order valence-electron chi connectivity index (χ1n) is 10.8. The third-order valence-corrected chi connectivity index (χ3v) is 7.00. The minimum Gasteiger partial charge on any atom is -0.497 e. The van der Waals surface area contributed by atoms with Crippen molar-refractivity contribution < 1.29 is 9.53 Å². The molecule has 1 unspecified atom stereocenters. The lowest BCUT2D eigenvalue weighted by atomic mass is 9.91. The highest BCUT2D eigenvalue weighted by molar-refractivity contribution is 7.71. The van der Waals surface area contributed by atoms with Crippen LogP contribution in [0.1, 0.15) is 17.0 Å². The Morgan fingerprint density at radius 1 is 1.18 bits per heavy atom. The summed E-state index contributed by atoms with van der Waals surface area (Å²) in [7, 11) is 1.65. The van der Waals surface area contributed by atoms with E-state index in [9.17, 15) is 4.79 Å². The molecule has 172 valence electrons. The van der Waals surface area contributed by atoms with Crippen LogP contribution in [0.15, 0.2) is 72.2 Å². The van der Waals surface area contributed by atoms with Crippen molar-refractivity contribution in [1.29, 1.82) is 0 Å². The lowest BCUT2D eigenvalue weighted by Gasteiger charge is -2.19. The zero-order valence-electron chi connectivity index (χ0n) is 18.4. The lowest BCUT2D eigenvalue weighted by Crippen LogP contribution is -2.32. The number of hydrogen-bond donors (Lipinski definition) is 3. The number of aromatic amines is 2. The molecule has 1 atom stereocenters. The van der Waals surface area contributed by atoms with Gasteiger partial charge >= 0.3 is 0 Å². The standard InChI is InChI=1S/C25H23N5O2S2/c1-32-17-10-8-16(9-11-17)19(20-14-26-21-6-3-2-5-18(20)21)13-27-23(31)15-30-24(28-29-25(30)33)22-7-4-12-34-22/h2-12,14,19,26H,13,15H2,1H3,(H,27,31)(H,29,33). The van der Waals surface area contributed by atoms with Crippen molar-refractivity contribution in [2.45, 2.75) is 12.5 Å². The average molecular weight is 490 g/mol. The molecule has 0 fully saturated rings. The molecule has 0 radical (unpaired) electrons. The molecule has 1 amide bonds. The van der Waals surface area contributed by atoms with Crippen LogP contribution in [0.25, 0.3) is 21.6 Å². The summed E-state index contributed by atoms with van der Waals surface area (Å²) in [4.78, 5) is 17.3. The van der Waals surface area contributed by atoms with Gasteiger partial charge < -0.3 is 15.0 Å². The van der Waals surface area contributed by atoms with Crippen LogP contribution in [0.3, 0.4) is 0 Å². The van der Waals surface area contributed by atoms with E-state index in [4.69, 9.17) is 17.0 Å². The van der Waals surface area contributed by atoms with Gasteiger partial charge in [0.2, 0.25) is 5.91 Å². The van der Waals surface area contributed by atoms with Crippen LogP contribution >= 0.6 is 23.6 Å². The molecule has 34 heavy (non-hydrogen) atoms. The molecule has 3 heterocycles. The molecule has 5 aromatic rings. The van der Waals surface area contributed by atoms with Crippen LogP contribution in [0.5, 0.6) is 5.75 Å². The molecule has 3 aromatic heterocycles. The van der Waals surface area contributed by atoms with Crippen molar-refractivity contribution in [2.75, 3.05) is 13.7 Å². The Kier molecular flexibility index (Phi) is 6.29. The normalized spacial score (nSPS) is 12.0. The van der Waals surface area contributed by atoms with E-state index < -0.39 is 0 Å². The van der Waals surface area contributed by atoms with E-state index in [-0.39, 0.29) is 18.4 Å². The highest BCUT2D eigenvalue weighted by Gasteiger charge is 2.20. The molecule has 0 saturated carbocycles. The zero-order chi connectivity index (χ0) is 23.5. The number of nitrogens with zero attached hydrogens (tertiary/aromatic N) is 2. The van der Waals surface area contributed by atoms with E-state index in [0.29, 0.717) is 17.1 Å². The number of para-hydroxylation sites is 1. The number of ether oxygens (including phenoxy) is 1. The third kappa shape index (κ3) is 4.40. The number of carbonyl (C=O) groups excluding carboxylic acids is 1. The maximum atomic E-state index is 13.0. The van der Waals surface area contributed by atoms with Crippen LogP contribution in [0.2, 0.25) is 0 Å². The van der Waals surface area contributed by atoms with Crippen molar-refractivity contribution >= 4 is 40.4 Å². The van der Waals surface area contributed by atoms with Gasteiger partial charge in [-0.15, -0.1) is 11.3 Å². The Hall–Kier alpha value is -3.69. The first kappa shape index (κ1) is 22.1. The van der Waals surface area contributed by atoms with Crippen molar-refractivity contribution in [3.05, 3.63) is 88.1 Å². The Balaban J connectivity index is 1.40. The number of benzene rings is 2. The Bertz CT molecular complexity index is 1470. The first-order chi connectivity index (χ1) is 16.6. The van der Waals surface area contributed by atoms with Gasteiger partial charge in [0, 0.05) is 29.6 Å². The number of carbonyl (C=O) groups is 1. The number of amides is 1. The fraction of sp³-hybridized carbons (Fsp3) is 0.160. The second kappa shape index (κ2) is 9.66. The summed E-state index contributed by atoms with van der Waals surface area (Å²) >= 11 is 6.93. The number of hydrogen-bond acceptors (Lipinski definition) is 5. The summed E-state index contributed by atoms with van der Waals surface area (Å²) < 4.78 is 7.47. The van der Waals surface area contributed by atoms with Crippen LogP contribution in [0, 0.1) is 4.77 Å². The van der Waals surface area contributed by atoms with E-state index in [1.54, 1.807) is 23.0 Å². The van der Waals surface area contributed by atoms with Gasteiger partial charge in [-0.25, -0.2) is 0 Å². The molecule has 5 rings (SSSR count). The van der Waals surface area contributed by atoms with Gasteiger partial charge in [-0.3, -0.25) is 14.5 Å². The van der Waals surface area contributed by atoms with E-state index in [0.717, 1.165) is 32.7 Å². The zero-order valence-corrected chi connectivity index (χ0v) is 20.1. The summed E-state index contributed by atoms with van der Waals surface area (Å²) in [5.41, 5.74) is 3.28. The van der Waals surface area contributed by atoms with Gasteiger partial charge in [0.25, 0.3) is 0 Å². The minimum absolute atomic E-state index is 0.0416. The molecule has 3 N–H and O–H groups in total. The van der Waals surface area contributed by atoms with Gasteiger partial charge in [0.1, 0.15) is 12.3 Å². The molecule has 0 saturated heterocycles. The summed E-state index contributed by atoms with van der Waals surface area (Å²) in [5, 5.41) is 13.3. The number of aromatic nitrogens is 4. The first-order valence-corrected chi connectivity index (χ1v) is 12.1. The van der Waals surface area contributed by atoms with Crippen LogP contribution < -0.4 is 10.1 Å². The van der Waals surface area contributed by atoms with E-state index in [1.807, 2.05) is 60.1 Å². The molecular weight excluding hydrogens is 466 g/mol. The number of nitrogens with one attached hydrogen (secondary N) is 3. The van der Waals surface area contributed by atoms with Crippen LogP contribution in [-0.2, 0) is 11.3 Å². The van der Waals surface area contributed by atoms with Gasteiger partial charge in [0.15, 0.2) is 10.6 Å². The fourth-order valence-electron chi connectivity index (χ4n) is 4.10. The second-order valence-corrected chi connectivity index (χ2v) is 9.17. The predicted octanol–water partition coefficient (Wildman–Crippen LogP) is 5.11. The van der Waals surface area contributed by atoms with Gasteiger partial charge in [-0.05, 0) is 53.0 Å². The second-order valence-electron chi connectivity index (χ2n) is 7.84. The molecular formula is C25H23N5O2S2. The summed E-state index contributed by atoms with van der Waals surface area (Å²) in [6, 6.07) is 20.0. The van der Waals surface area contributed by atoms with Crippen molar-refractivity contribution in [3.63, 3.8) is 0 Å². The Labute approximate surface area is 205 Å². The van der Waals surface area contributed by atoms with Crippen LogP contribution in [0.4, 0.5) is 0 Å². The monoisotopic (exact) mass is 489 g/mol. The smallest absolute Gasteiger partial charge is 0.240 e. The Morgan fingerprint density at radius 3 is 2.76 bits per heavy atom. The number of H-pyrrole nitrogens is 2.